The number of carbonyl (C=O) groups excluding carboxylic acids is 1. The second kappa shape index (κ2) is 12.2. The Morgan fingerprint density at radius 2 is 1.54 bits per heavy atom. The lowest BCUT2D eigenvalue weighted by molar-refractivity contribution is -0.115. The van der Waals surface area contributed by atoms with Gasteiger partial charge in [-0.2, -0.15) is 10.2 Å². The number of amides is 1. The zero-order valence-electron chi connectivity index (χ0n) is 20.9. The van der Waals surface area contributed by atoms with Gasteiger partial charge >= 0.3 is 0 Å². The minimum Gasteiger partial charge on any atom is -0.493 e. The van der Waals surface area contributed by atoms with Gasteiger partial charge < -0.3 is 14.8 Å². The number of thioether (sulfide) groups is 1. The van der Waals surface area contributed by atoms with Crippen LogP contribution in [0.2, 0.25) is 0 Å². The summed E-state index contributed by atoms with van der Waals surface area (Å²) in [5.74, 6) is 0.373. The first kappa shape index (κ1) is 25.9. The molecule has 9 heteroatoms. The third kappa shape index (κ3) is 6.77. The van der Waals surface area contributed by atoms with Crippen LogP contribution in [-0.4, -0.2) is 18.2 Å². The van der Waals surface area contributed by atoms with Gasteiger partial charge in [-0.1, -0.05) is 42.5 Å². The summed E-state index contributed by atoms with van der Waals surface area (Å²) >= 11 is 1.24. The van der Waals surface area contributed by atoms with E-state index in [1.807, 2.05) is 54.6 Å². The van der Waals surface area contributed by atoms with Gasteiger partial charge in [0.15, 0.2) is 16.7 Å². The Morgan fingerprint density at radius 1 is 0.846 bits per heavy atom. The van der Waals surface area contributed by atoms with Crippen LogP contribution in [0.1, 0.15) is 11.1 Å². The van der Waals surface area contributed by atoms with Gasteiger partial charge in [0, 0.05) is 5.56 Å². The van der Waals surface area contributed by atoms with Crippen molar-refractivity contribution in [3.63, 3.8) is 0 Å². The quantitative estimate of drug-likeness (QED) is 0.184. The number of halogens is 1. The van der Waals surface area contributed by atoms with Crippen molar-refractivity contribution in [2.45, 2.75) is 6.61 Å². The van der Waals surface area contributed by atoms with Gasteiger partial charge in [-0.15, -0.1) is 0 Å². The average molecular weight is 539 g/mol. The maximum atomic E-state index is 13.9. The number of amidine groups is 1. The molecule has 1 N–H and O–H groups in total. The number of ether oxygens (including phenoxy) is 2. The largest absolute Gasteiger partial charge is 0.493 e. The predicted octanol–water partition coefficient (Wildman–Crippen LogP) is 7.72. The van der Waals surface area contributed by atoms with Gasteiger partial charge in [0.05, 0.1) is 29.1 Å². The summed E-state index contributed by atoms with van der Waals surface area (Å²) in [5, 5.41) is 11.7. The number of methoxy groups -OCH3 is 1. The van der Waals surface area contributed by atoms with E-state index in [9.17, 15) is 9.18 Å². The molecule has 0 atom stereocenters. The minimum atomic E-state index is -0.330. The molecule has 0 unspecified atom stereocenters. The maximum absolute atomic E-state index is 13.9. The molecule has 0 saturated carbocycles. The Bertz CT molecular complexity index is 1570. The molecule has 1 aliphatic heterocycles. The summed E-state index contributed by atoms with van der Waals surface area (Å²) in [6.07, 6.45) is 1.75. The normalized spacial score (nSPS) is 15.2. The molecule has 1 aliphatic rings. The zero-order chi connectivity index (χ0) is 27.0. The third-order valence-electron chi connectivity index (χ3n) is 5.59. The minimum absolute atomic E-state index is 0.0679. The Balaban J connectivity index is 1.25. The summed E-state index contributed by atoms with van der Waals surface area (Å²) in [7, 11) is 1.53. The lowest BCUT2D eigenvalue weighted by Crippen LogP contribution is -2.19. The molecule has 1 fully saturated rings. The summed E-state index contributed by atoms with van der Waals surface area (Å²) in [4.78, 5) is 17.6. The molecule has 0 spiro atoms. The Morgan fingerprint density at radius 3 is 2.28 bits per heavy atom. The Labute approximate surface area is 229 Å². The molecule has 5 rings (SSSR count). The molecule has 0 aromatic heterocycles. The van der Waals surface area contributed by atoms with Crippen LogP contribution in [0, 0.1) is 5.82 Å². The van der Waals surface area contributed by atoms with E-state index in [1.165, 1.54) is 24.9 Å². The fourth-order valence-corrected chi connectivity index (χ4v) is 4.46. The molecule has 7 nitrogen and oxygen atoms in total. The van der Waals surface area contributed by atoms with Crippen LogP contribution in [0.5, 0.6) is 11.5 Å². The third-order valence-corrected chi connectivity index (χ3v) is 6.50. The smallest absolute Gasteiger partial charge is 0.264 e. The second-order valence-corrected chi connectivity index (χ2v) is 9.35. The number of hydrogen-bond donors (Lipinski definition) is 1. The second-order valence-electron chi connectivity index (χ2n) is 8.32. The van der Waals surface area contributed by atoms with Gasteiger partial charge in [0.25, 0.3) is 5.91 Å². The molecular formula is C30H23FN4O3S. The van der Waals surface area contributed by atoms with Gasteiger partial charge in [-0.3, -0.25) is 4.79 Å². The SMILES string of the molecule is COc1cc(/C=C2\SC(=Nc3ccc(N=Nc4ccccc4)cc3)NC2=O)ccc1OCc1ccccc1F. The molecule has 39 heavy (non-hydrogen) atoms. The van der Waals surface area contributed by atoms with Crippen molar-refractivity contribution in [2.24, 2.45) is 15.2 Å². The van der Waals surface area contributed by atoms with Crippen LogP contribution in [0.3, 0.4) is 0 Å². The number of aliphatic imine (C=N–C) groups is 1. The van der Waals surface area contributed by atoms with Gasteiger partial charge in [-0.25, -0.2) is 9.38 Å². The van der Waals surface area contributed by atoms with Crippen molar-refractivity contribution in [2.75, 3.05) is 7.11 Å². The molecule has 194 valence electrons. The molecular weight excluding hydrogens is 515 g/mol. The van der Waals surface area contributed by atoms with Crippen LogP contribution >= 0.6 is 11.8 Å². The molecule has 0 radical (unpaired) electrons. The van der Waals surface area contributed by atoms with E-state index in [4.69, 9.17) is 9.47 Å². The van der Waals surface area contributed by atoms with Crippen molar-refractivity contribution in [3.8, 4) is 11.5 Å². The van der Waals surface area contributed by atoms with Crippen molar-refractivity contribution in [1.29, 1.82) is 0 Å². The van der Waals surface area contributed by atoms with E-state index in [0.717, 1.165) is 11.3 Å². The topological polar surface area (TPSA) is 84.6 Å². The van der Waals surface area contributed by atoms with E-state index >= 15 is 0 Å². The van der Waals surface area contributed by atoms with Crippen LogP contribution < -0.4 is 14.8 Å². The van der Waals surface area contributed by atoms with Gasteiger partial charge in [-0.05, 0) is 78.0 Å². The average Bonchev–Trinajstić information content (AvgIpc) is 3.31. The molecule has 0 bridgehead atoms. The standard InChI is InChI=1S/C30H23FN4O3S/c1-37-27-17-20(11-16-26(27)38-19-21-7-5-6-10-25(21)31)18-28-29(36)33-30(39-28)32-22-12-14-24(15-13-22)35-34-23-8-3-2-4-9-23/h2-18H,19H2,1H3,(H,32,33,36)/b28-18-,35-34?. The van der Waals surface area contributed by atoms with E-state index in [1.54, 1.807) is 42.5 Å². The first-order valence-electron chi connectivity index (χ1n) is 12.0. The van der Waals surface area contributed by atoms with E-state index in [0.29, 0.717) is 38.5 Å². The summed E-state index contributed by atoms with van der Waals surface area (Å²) < 4.78 is 25.1. The van der Waals surface area contributed by atoms with Crippen LogP contribution in [0.4, 0.5) is 21.5 Å². The fourth-order valence-electron chi connectivity index (χ4n) is 3.62. The molecule has 4 aromatic rings. The highest BCUT2D eigenvalue weighted by Gasteiger charge is 2.24. The van der Waals surface area contributed by atoms with Gasteiger partial charge in [0.2, 0.25) is 0 Å². The van der Waals surface area contributed by atoms with Crippen molar-refractivity contribution in [3.05, 3.63) is 119 Å². The lowest BCUT2D eigenvalue weighted by Gasteiger charge is -2.12. The number of carbonyl (C=O) groups is 1. The maximum Gasteiger partial charge on any atom is 0.264 e. The molecule has 1 saturated heterocycles. The fraction of sp³-hybridized carbons (Fsp3) is 0.0667. The molecule has 1 amide bonds. The van der Waals surface area contributed by atoms with E-state index in [2.05, 4.69) is 20.5 Å². The highest BCUT2D eigenvalue weighted by atomic mass is 32.2. The van der Waals surface area contributed by atoms with E-state index in [-0.39, 0.29) is 18.3 Å². The van der Waals surface area contributed by atoms with Crippen molar-refractivity contribution < 1.29 is 18.7 Å². The number of nitrogens with zero attached hydrogens (tertiary/aromatic N) is 3. The Kier molecular flexibility index (Phi) is 8.09. The van der Waals surface area contributed by atoms with Crippen LogP contribution in [0.25, 0.3) is 6.08 Å². The lowest BCUT2D eigenvalue weighted by atomic mass is 10.2. The number of benzene rings is 4. The van der Waals surface area contributed by atoms with Crippen LogP contribution in [-0.2, 0) is 11.4 Å². The summed E-state index contributed by atoms with van der Waals surface area (Å²) in [6, 6.07) is 28.5. The van der Waals surface area contributed by atoms with E-state index < -0.39 is 0 Å². The Hall–Kier alpha value is -4.76. The summed E-state index contributed by atoms with van der Waals surface area (Å²) in [5.41, 5.74) is 3.34. The number of azo groups is 1. The van der Waals surface area contributed by atoms with Crippen molar-refractivity contribution in [1.82, 2.24) is 5.32 Å². The van der Waals surface area contributed by atoms with Crippen molar-refractivity contribution >= 4 is 46.0 Å². The highest BCUT2D eigenvalue weighted by molar-refractivity contribution is 8.18. The number of nitrogens with one attached hydrogen (secondary N) is 1. The van der Waals surface area contributed by atoms with Crippen LogP contribution in [0.15, 0.2) is 117 Å². The molecule has 1 heterocycles. The monoisotopic (exact) mass is 538 g/mol. The molecule has 4 aromatic carbocycles. The first-order valence-corrected chi connectivity index (χ1v) is 12.8. The van der Waals surface area contributed by atoms with Gasteiger partial charge in [0.1, 0.15) is 12.4 Å². The number of hydrogen-bond acceptors (Lipinski definition) is 7. The highest BCUT2D eigenvalue weighted by Crippen LogP contribution is 2.33. The number of rotatable bonds is 8. The zero-order valence-corrected chi connectivity index (χ0v) is 21.7. The first-order chi connectivity index (χ1) is 19.1. The predicted molar refractivity (Wildman–Crippen MR) is 152 cm³/mol. The summed E-state index contributed by atoms with van der Waals surface area (Å²) in [6.45, 7) is 0.0679. The molecule has 0 aliphatic carbocycles.